The highest BCUT2D eigenvalue weighted by atomic mass is 16.5. The smallest absolute Gasteiger partial charge is 0.118 e. The van der Waals surface area contributed by atoms with Crippen molar-refractivity contribution in [2.75, 3.05) is 14.2 Å². The van der Waals surface area contributed by atoms with Gasteiger partial charge in [0, 0.05) is 18.0 Å². The van der Waals surface area contributed by atoms with Crippen molar-refractivity contribution in [3.05, 3.63) is 72.1 Å². The molecular formula is C19H19NO2. The van der Waals surface area contributed by atoms with Crippen LogP contribution in [0.5, 0.6) is 11.5 Å². The van der Waals surface area contributed by atoms with Gasteiger partial charge in [-0.3, -0.25) is 0 Å². The molecule has 1 heterocycles. The lowest BCUT2D eigenvalue weighted by Crippen LogP contribution is -1.90. The van der Waals surface area contributed by atoms with Gasteiger partial charge < -0.3 is 14.5 Å². The molecule has 0 unspecified atom stereocenters. The molecule has 0 saturated heterocycles. The SMILES string of the molecule is COc1ccc(Cc2c[nH]cc2-c2ccc(OC)cc2)cc1. The van der Waals surface area contributed by atoms with Gasteiger partial charge in [-0.25, -0.2) is 0 Å². The van der Waals surface area contributed by atoms with Crippen molar-refractivity contribution in [1.82, 2.24) is 4.98 Å². The monoisotopic (exact) mass is 293 g/mol. The maximum atomic E-state index is 5.21. The Kier molecular flexibility index (Phi) is 4.15. The van der Waals surface area contributed by atoms with Crippen LogP contribution >= 0.6 is 0 Å². The highest BCUT2D eigenvalue weighted by molar-refractivity contribution is 5.68. The molecule has 0 aliphatic rings. The molecule has 0 fully saturated rings. The molecule has 0 radical (unpaired) electrons. The van der Waals surface area contributed by atoms with Crippen LogP contribution in [-0.2, 0) is 6.42 Å². The highest BCUT2D eigenvalue weighted by Crippen LogP contribution is 2.27. The fourth-order valence-corrected chi connectivity index (χ4v) is 2.54. The summed E-state index contributed by atoms with van der Waals surface area (Å²) in [5.74, 6) is 1.75. The summed E-state index contributed by atoms with van der Waals surface area (Å²) in [5, 5.41) is 0. The van der Waals surface area contributed by atoms with Crippen molar-refractivity contribution in [3.63, 3.8) is 0 Å². The Morgan fingerprint density at radius 2 is 1.36 bits per heavy atom. The van der Waals surface area contributed by atoms with Crippen molar-refractivity contribution >= 4 is 0 Å². The molecule has 1 N–H and O–H groups in total. The van der Waals surface area contributed by atoms with E-state index in [1.54, 1.807) is 14.2 Å². The van der Waals surface area contributed by atoms with Gasteiger partial charge in [0.05, 0.1) is 14.2 Å². The third-order valence-corrected chi connectivity index (χ3v) is 3.79. The number of hydrogen-bond acceptors (Lipinski definition) is 2. The van der Waals surface area contributed by atoms with Gasteiger partial charge in [-0.05, 0) is 47.4 Å². The molecule has 22 heavy (non-hydrogen) atoms. The Labute approximate surface area is 130 Å². The number of aromatic nitrogens is 1. The number of ether oxygens (including phenoxy) is 2. The molecule has 2 aromatic carbocycles. The van der Waals surface area contributed by atoms with E-state index < -0.39 is 0 Å². The molecular weight excluding hydrogens is 274 g/mol. The Balaban J connectivity index is 1.84. The average molecular weight is 293 g/mol. The first-order valence-corrected chi connectivity index (χ1v) is 7.23. The number of hydrogen-bond donors (Lipinski definition) is 1. The number of H-pyrrole nitrogens is 1. The maximum absolute atomic E-state index is 5.21. The zero-order valence-corrected chi connectivity index (χ0v) is 12.8. The van der Waals surface area contributed by atoms with E-state index >= 15 is 0 Å². The van der Waals surface area contributed by atoms with E-state index in [0.29, 0.717) is 0 Å². The Hall–Kier alpha value is -2.68. The van der Waals surface area contributed by atoms with Crippen molar-refractivity contribution in [1.29, 1.82) is 0 Å². The van der Waals surface area contributed by atoms with Crippen LogP contribution in [0.15, 0.2) is 60.9 Å². The van der Waals surface area contributed by atoms with Crippen molar-refractivity contribution < 1.29 is 9.47 Å². The molecule has 0 atom stereocenters. The standard InChI is InChI=1S/C19H19NO2/c1-21-17-7-3-14(4-8-17)11-16-12-20-13-19(16)15-5-9-18(22-2)10-6-15/h3-10,12-13,20H,11H2,1-2H3. The van der Waals surface area contributed by atoms with Gasteiger partial charge in [-0.2, -0.15) is 0 Å². The summed E-state index contributed by atoms with van der Waals surface area (Å²) in [6, 6.07) is 16.3. The van der Waals surface area contributed by atoms with E-state index in [1.807, 2.05) is 30.5 Å². The van der Waals surface area contributed by atoms with Crippen LogP contribution in [0.1, 0.15) is 11.1 Å². The van der Waals surface area contributed by atoms with E-state index in [9.17, 15) is 0 Å². The second-order valence-corrected chi connectivity index (χ2v) is 5.15. The Bertz CT molecular complexity index is 727. The third kappa shape index (κ3) is 2.98. The van der Waals surface area contributed by atoms with Gasteiger partial charge in [-0.15, -0.1) is 0 Å². The summed E-state index contributed by atoms with van der Waals surface area (Å²) in [5.41, 5.74) is 4.94. The van der Waals surface area contributed by atoms with Crippen LogP contribution in [0, 0.1) is 0 Å². The summed E-state index contributed by atoms with van der Waals surface area (Å²) in [6.45, 7) is 0. The predicted octanol–water partition coefficient (Wildman–Crippen LogP) is 4.29. The number of aromatic amines is 1. The molecule has 0 aliphatic carbocycles. The maximum Gasteiger partial charge on any atom is 0.118 e. The lowest BCUT2D eigenvalue weighted by molar-refractivity contribution is 0.414. The number of methoxy groups -OCH3 is 2. The third-order valence-electron chi connectivity index (χ3n) is 3.79. The fourth-order valence-electron chi connectivity index (χ4n) is 2.54. The molecule has 3 aromatic rings. The lowest BCUT2D eigenvalue weighted by atomic mass is 9.99. The summed E-state index contributed by atoms with van der Waals surface area (Å²) in [6.07, 6.45) is 4.99. The predicted molar refractivity (Wildman–Crippen MR) is 88.6 cm³/mol. The second kappa shape index (κ2) is 6.39. The molecule has 0 saturated carbocycles. The van der Waals surface area contributed by atoms with Crippen LogP contribution in [0.25, 0.3) is 11.1 Å². The molecule has 0 amide bonds. The van der Waals surface area contributed by atoms with Crippen LogP contribution in [0.4, 0.5) is 0 Å². The molecule has 112 valence electrons. The van der Waals surface area contributed by atoms with E-state index in [0.717, 1.165) is 17.9 Å². The normalized spacial score (nSPS) is 10.5. The summed E-state index contributed by atoms with van der Waals surface area (Å²) >= 11 is 0. The molecule has 0 aliphatic heterocycles. The first-order chi connectivity index (χ1) is 10.8. The van der Waals surface area contributed by atoms with E-state index in [4.69, 9.17) is 9.47 Å². The van der Waals surface area contributed by atoms with Crippen LogP contribution in [0.3, 0.4) is 0 Å². The van der Waals surface area contributed by atoms with Gasteiger partial charge in [0.2, 0.25) is 0 Å². The Morgan fingerprint density at radius 1 is 0.773 bits per heavy atom. The molecule has 3 nitrogen and oxygen atoms in total. The van der Waals surface area contributed by atoms with Gasteiger partial charge in [0.25, 0.3) is 0 Å². The van der Waals surface area contributed by atoms with Gasteiger partial charge in [0.1, 0.15) is 11.5 Å². The molecule has 3 heteroatoms. The molecule has 1 aromatic heterocycles. The Morgan fingerprint density at radius 3 is 1.95 bits per heavy atom. The minimum Gasteiger partial charge on any atom is -0.497 e. The lowest BCUT2D eigenvalue weighted by Gasteiger charge is -2.07. The number of nitrogens with one attached hydrogen (secondary N) is 1. The number of rotatable bonds is 5. The van der Waals surface area contributed by atoms with Crippen molar-refractivity contribution in [2.24, 2.45) is 0 Å². The van der Waals surface area contributed by atoms with Gasteiger partial charge in [-0.1, -0.05) is 24.3 Å². The molecule has 3 rings (SSSR count). The van der Waals surface area contributed by atoms with Gasteiger partial charge in [0.15, 0.2) is 0 Å². The quantitative estimate of drug-likeness (QED) is 0.761. The second-order valence-electron chi connectivity index (χ2n) is 5.15. The minimum atomic E-state index is 0.871. The van der Waals surface area contributed by atoms with Crippen molar-refractivity contribution in [2.45, 2.75) is 6.42 Å². The largest absolute Gasteiger partial charge is 0.497 e. The van der Waals surface area contributed by atoms with E-state index in [2.05, 4.69) is 35.4 Å². The zero-order valence-electron chi connectivity index (χ0n) is 12.8. The number of benzene rings is 2. The molecule has 0 bridgehead atoms. The van der Waals surface area contributed by atoms with E-state index in [-0.39, 0.29) is 0 Å². The van der Waals surface area contributed by atoms with Crippen LogP contribution in [0.2, 0.25) is 0 Å². The highest BCUT2D eigenvalue weighted by Gasteiger charge is 2.07. The first kappa shape index (κ1) is 14.3. The fraction of sp³-hybridized carbons (Fsp3) is 0.158. The van der Waals surface area contributed by atoms with Crippen LogP contribution in [-0.4, -0.2) is 19.2 Å². The minimum absolute atomic E-state index is 0.871. The van der Waals surface area contributed by atoms with E-state index in [1.165, 1.54) is 22.3 Å². The zero-order chi connectivity index (χ0) is 15.4. The van der Waals surface area contributed by atoms with Gasteiger partial charge >= 0.3 is 0 Å². The first-order valence-electron chi connectivity index (χ1n) is 7.23. The van der Waals surface area contributed by atoms with Crippen molar-refractivity contribution in [3.8, 4) is 22.6 Å². The topological polar surface area (TPSA) is 34.2 Å². The average Bonchev–Trinajstić information content (AvgIpc) is 3.04. The summed E-state index contributed by atoms with van der Waals surface area (Å²) < 4.78 is 10.4. The summed E-state index contributed by atoms with van der Waals surface area (Å²) in [7, 11) is 3.36. The molecule has 0 spiro atoms. The van der Waals surface area contributed by atoms with Crippen LogP contribution < -0.4 is 9.47 Å². The summed E-state index contributed by atoms with van der Waals surface area (Å²) in [4.78, 5) is 3.21.